The van der Waals surface area contributed by atoms with Crippen molar-refractivity contribution in [2.75, 3.05) is 27.3 Å². The van der Waals surface area contributed by atoms with Gasteiger partial charge in [0.15, 0.2) is 0 Å². The summed E-state index contributed by atoms with van der Waals surface area (Å²) >= 11 is 0. The Morgan fingerprint density at radius 3 is 2.60 bits per heavy atom. The maximum Gasteiger partial charge on any atom is 0.227 e. The smallest absolute Gasteiger partial charge is 0.227 e. The molecule has 5 nitrogen and oxygen atoms in total. The van der Waals surface area contributed by atoms with Gasteiger partial charge in [0.25, 0.3) is 0 Å². The molecule has 0 unspecified atom stereocenters. The summed E-state index contributed by atoms with van der Waals surface area (Å²) in [6.45, 7) is 1.33. The van der Waals surface area contributed by atoms with E-state index in [-0.39, 0.29) is 12.0 Å². The third-order valence-corrected chi connectivity index (χ3v) is 4.38. The largest absolute Gasteiger partial charge is 0.497 e. The van der Waals surface area contributed by atoms with Crippen LogP contribution >= 0.6 is 0 Å². The molecule has 2 aromatic carbocycles. The first kappa shape index (κ1) is 17.1. The normalized spacial score (nSPS) is 16.6. The fourth-order valence-corrected chi connectivity index (χ4v) is 3.02. The minimum Gasteiger partial charge on any atom is -0.497 e. The van der Waals surface area contributed by atoms with E-state index in [1.165, 1.54) is 0 Å². The highest BCUT2D eigenvalue weighted by Crippen LogP contribution is 2.26. The van der Waals surface area contributed by atoms with Crippen molar-refractivity contribution < 1.29 is 19.0 Å². The summed E-state index contributed by atoms with van der Waals surface area (Å²) in [5.41, 5.74) is 0.862. The summed E-state index contributed by atoms with van der Waals surface area (Å²) in [7, 11) is 3.21. The zero-order chi connectivity index (χ0) is 17.6. The van der Waals surface area contributed by atoms with Gasteiger partial charge >= 0.3 is 0 Å². The lowest BCUT2D eigenvalue weighted by atomic mass is 10.1. The van der Waals surface area contributed by atoms with Crippen molar-refractivity contribution in [3.8, 4) is 17.2 Å². The summed E-state index contributed by atoms with van der Waals surface area (Å²) in [4.78, 5) is 14.5. The van der Waals surface area contributed by atoms with E-state index < -0.39 is 0 Å². The summed E-state index contributed by atoms with van der Waals surface area (Å²) in [6, 6.07) is 15.2. The Morgan fingerprint density at radius 1 is 1.08 bits per heavy atom. The van der Waals surface area contributed by atoms with Crippen LogP contribution in [0.15, 0.2) is 48.5 Å². The van der Waals surface area contributed by atoms with Gasteiger partial charge in [0.05, 0.1) is 27.2 Å². The molecule has 0 saturated carbocycles. The quantitative estimate of drug-likeness (QED) is 0.811. The van der Waals surface area contributed by atoms with Gasteiger partial charge in [-0.15, -0.1) is 0 Å². The van der Waals surface area contributed by atoms with E-state index in [0.717, 1.165) is 24.3 Å². The first-order valence-corrected chi connectivity index (χ1v) is 8.40. The van der Waals surface area contributed by atoms with Gasteiger partial charge in [-0.25, -0.2) is 0 Å². The molecule has 0 aromatic heterocycles. The van der Waals surface area contributed by atoms with Gasteiger partial charge in [-0.1, -0.05) is 24.3 Å². The Hall–Kier alpha value is -2.69. The van der Waals surface area contributed by atoms with Crippen molar-refractivity contribution >= 4 is 5.91 Å². The molecule has 0 radical (unpaired) electrons. The SMILES string of the molecule is COc1ccc(CC(=O)N2CC[C@@H](Oc3ccccc3)C2)c(OC)c1. The molecule has 0 N–H and O–H groups in total. The Balaban J connectivity index is 1.59. The second-order valence-corrected chi connectivity index (χ2v) is 6.04. The van der Waals surface area contributed by atoms with Crippen LogP contribution < -0.4 is 14.2 Å². The van der Waals surface area contributed by atoms with E-state index in [4.69, 9.17) is 14.2 Å². The van der Waals surface area contributed by atoms with Crippen LogP contribution in [0.4, 0.5) is 0 Å². The number of methoxy groups -OCH3 is 2. The van der Waals surface area contributed by atoms with Crippen molar-refractivity contribution in [2.45, 2.75) is 18.9 Å². The summed E-state index contributed by atoms with van der Waals surface area (Å²) in [5, 5.41) is 0. The highest BCUT2D eigenvalue weighted by Gasteiger charge is 2.28. The average molecular weight is 341 g/mol. The molecule has 132 valence electrons. The first-order chi connectivity index (χ1) is 12.2. The topological polar surface area (TPSA) is 48.0 Å². The van der Waals surface area contributed by atoms with Crippen molar-refractivity contribution in [2.24, 2.45) is 0 Å². The van der Waals surface area contributed by atoms with E-state index in [2.05, 4.69) is 0 Å². The summed E-state index contributed by atoms with van der Waals surface area (Å²) in [5.74, 6) is 2.32. The molecule has 1 fully saturated rings. The van der Waals surface area contributed by atoms with Gasteiger partial charge in [0.1, 0.15) is 23.4 Å². The molecule has 1 saturated heterocycles. The maximum atomic E-state index is 12.6. The number of ether oxygens (including phenoxy) is 3. The molecule has 25 heavy (non-hydrogen) atoms. The molecular formula is C20H23NO4. The van der Waals surface area contributed by atoms with E-state index in [9.17, 15) is 4.79 Å². The van der Waals surface area contributed by atoms with Gasteiger partial charge in [0, 0.05) is 24.6 Å². The van der Waals surface area contributed by atoms with E-state index >= 15 is 0 Å². The van der Waals surface area contributed by atoms with Crippen molar-refractivity contribution in [1.29, 1.82) is 0 Å². The van der Waals surface area contributed by atoms with Gasteiger partial charge in [-0.3, -0.25) is 4.79 Å². The van der Waals surface area contributed by atoms with Crippen LogP contribution in [-0.4, -0.2) is 44.2 Å². The number of carbonyl (C=O) groups excluding carboxylic acids is 1. The highest BCUT2D eigenvalue weighted by atomic mass is 16.5. The molecule has 0 aliphatic carbocycles. The van der Waals surface area contributed by atoms with E-state index in [0.29, 0.717) is 24.5 Å². The van der Waals surface area contributed by atoms with Gasteiger partial charge in [0.2, 0.25) is 5.91 Å². The zero-order valence-corrected chi connectivity index (χ0v) is 14.6. The lowest BCUT2D eigenvalue weighted by molar-refractivity contribution is -0.129. The van der Waals surface area contributed by atoms with Crippen LogP contribution in [-0.2, 0) is 11.2 Å². The number of amides is 1. The standard InChI is InChI=1S/C20H23NO4/c1-23-17-9-8-15(19(13-17)24-2)12-20(22)21-11-10-18(14-21)25-16-6-4-3-5-7-16/h3-9,13,18H,10-12,14H2,1-2H3/t18-/m1/s1. The van der Waals surface area contributed by atoms with Crippen LogP contribution in [0.1, 0.15) is 12.0 Å². The molecule has 2 aromatic rings. The summed E-state index contributed by atoms with van der Waals surface area (Å²) < 4.78 is 16.5. The van der Waals surface area contributed by atoms with Gasteiger partial charge < -0.3 is 19.1 Å². The number of carbonyl (C=O) groups is 1. The molecule has 1 amide bonds. The molecule has 0 spiro atoms. The Morgan fingerprint density at radius 2 is 1.88 bits per heavy atom. The number of benzene rings is 2. The number of para-hydroxylation sites is 1. The minimum absolute atomic E-state index is 0.0455. The molecule has 1 aliphatic rings. The van der Waals surface area contributed by atoms with Crippen molar-refractivity contribution in [3.05, 3.63) is 54.1 Å². The molecular weight excluding hydrogens is 318 g/mol. The fraction of sp³-hybridized carbons (Fsp3) is 0.350. The fourth-order valence-electron chi connectivity index (χ4n) is 3.02. The average Bonchev–Trinajstić information content (AvgIpc) is 3.11. The van der Waals surface area contributed by atoms with Crippen LogP contribution in [0, 0.1) is 0 Å². The lowest BCUT2D eigenvalue weighted by Crippen LogP contribution is -2.32. The molecule has 5 heteroatoms. The lowest BCUT2D eigenvalue weighted by Gasteiger charge is -2.18. The maximum absolute atomic E-state index is 12.6. The Bertz CT molecular complexity index is 717. The van der Waals surface area contributed by atoms with Crippen LogP contribution in [0.5, 0.6) is 17.2 Å². The molecule has 1 atom stereocenters. The van der Waals surface area contributed by atoms with E-state index in [1.54, 1.807) is 20.3 Å². The zero-order valence-electron chi connectivity index (χ0n) is 14.6. The van der Waals surface area contributed by atoms with Crippen molar-refractivity contribution in [1.82, 2.24) is 4.90 Å². The second-order valence-electron chi connectivity index (χ2n) is 6.04. The van der Waals surface area contributed by atoms with Crippen LogP contribution in [0.2, 0.25) is 0 Å². The van der Waals surface area contributed by atoms with Crippen LogP contribution in [0.3, 0.4) is 0 Å². The first-order valence-electron chi connectivity index (χ1n) is 8.40. The molecule has 1 aliphatic heterocycles. The second kappa shape index (κ2) is 7.92. The predicted octanol–water partition coefficient (Wildman–Crippen LogP) is 2.93. The predicted molar refractivity (Wildman–Crippen MR) is 95.3 cm³/mol. The van der Waals surface area contributed by atoms with Gasteiger partial charge in [-0.05, 0) is 18.2 Å². The highest BCUT2D eigenvalue weighted by molar-refractivity contribution is 5.80. The number of hydrogen-bond acceptors (Lipinski definition) is 4. The van der Waals surface area contributed by atoms with Gasteiger partial charge in [-0.2, -0.15) is 0 Å². The molecule has 1 heterocycles. The third-order valence-electron chi connectivity index (χ3n) is 4.38. The monoisotopic (exact) mass is 341 g/mol. The number of likely N-dealkylation sites (tertiary alicyclic amines) is 1. The summed E-state index contributed by atoms with van der Waals surface area (Å²) in [6.07, 6.45) is 1.20. The number of hydrogen-bond donors (Lipinski definition) is 0. The Labute approximate surface area is 148 Å². The molecule has 0 bridgehead atoms. The Kier molecular flexibility index (Phi) is 5.43. The van der Waals surface area contributed by atoms with E-state index in [1.807, 2.05) is 47.4 Å². The number of nitrogens with zero attached hydrogens (tertiary/aromatic N) is 1. The minimum atomic E-state index is 0.0455. The van der Waals surface area contributed by atoms with Crippen LogP contribution in [0.25, 0.3) is 0 Å². The third kappa shape index (κ3) is 4.24. The number of rotatable bonds is 6. The molecule has 3 rings (SSSR count). The van der Waals surface area contributed by atoms with Crippen molar-refractivity contribution in [3.63, 3.8) is 0 Å².